The minimum absolute atomic E-state index is 0.771. The third-order valence-corrected chi connectivity index (χ3v) is 3.01. The summed E-state index contributed by atoms with van der Waals surface area (Å²) in [4.78, 5) is 22.8. The van der Waals surface area contributed by atoms with Crippen LogP contribution < -0.4 is 10.2 Å². The molecule has 0 N–H and O–H groups in total. The van der Waals surface area contributed by atoms with Crippen LogP contribution in [0.25, 0.3) is 0 Å². The van der Waals surface area contributed by atoms with Crippen LogP contribution in [-0.4, -0.2) is 57.1 Å². The first kappa shape index (κ1) is 23.4. The lowest BCUT2D eigenvalue weighted by molar-refractivity contribution is -0.397. The standard InChI is InChI=1S/C15H26O10/c1-8(13(16)17)15(14(18)19,24-11(4)22-9(2)20-6)25-12(5)23-10(3)21-7/h9-12H,1H2,2-7H3,(H,16,17)(H,18,19)/p-2. The number of carbonyl (C=O) groups excluding carboxylic acids is 2. The summed E-state index contributed by atoms with van der Waals surface area (Å²) in [5.74, 6) is -6.86. The van der Waals surface area contributed by atoms with Gasteiger partial charge < -0.3 is 48.2 Å². The Morgan fingerprint density at radius 2 is 1.20 bits per heavy atom. The van der Waals surface area contributed by atoms with E-state index in [0.717, 1.165) is 0 Å². The number of aliphatic carboxylic acids is 2. The van der Waals surface area contributed by atoms with Crippen LogP contribution in [0.4, 0.5) is 0 Å². The van der Waals surface area contributed by atoms with Crippen LogP contribution in [0, 0.1) is 0 Å². The van der Waals surface area contributed by atoms with Gasteiger partial charge in [0.05, 0.1) is 5.97 Å². The van der Waals surface area contributed by atoms with Crippen molar-refractivity contribution in [2.24, 2.45) is 0 Å². The van der Waals surface area contributed by atoms with Crippen molar-refractivity contribution in [2.75, 3.05) is 14.2 Å². The number of carbonyl (C=O) groups is 2. The number of ether oxygens (including phenoxy) is 6. The highest BCUT2D eigenvalue weighted by atomic mass is 16.9. The van der Waals surface area contributed by atoms with E-state index < -0.39 is 48.5 Å². The van der Waals surface area contributed by atoms with E-state index in [4.69, 9.17) is 28.4 Å². The summed E-state index contributed by atoms with van der Waals surface area (Å²) in [7, 11) is 2.70. The normalized spacial score (nSPS) is 18.6. The maximum absolute atomic E-state index is 11.7. The van der Waals surface area contributed by atoms with E-state index >= 15 is 0 Å². The Kier molecular flexibility index (Phi) is 9.78. The zero-order valence-corrected chi connectivity index (χ0v) is 15.1. The molecule has 0 spiro atoms. The average Bonchev–Trinajstić information content (AvgIpc) is 2.52. The first-order valence-corrected chi connectivity index (χ1v) is 7.34. The number of hydrogen-bond donors (Lipinski definition) is 0. The van der Waals surface area contributed by atoms with Gasteiger partial charge in [-0.05, 0) is 27.7 Å². The van der Waals surface area contributed by atoms with Gasteiger partial charge in [0, 0.05) is 19.8 Å². The summed E-state index contributed by atoms with van der Waals surface area (Å²) < 4.78 is 30.4. The molecule has 4 atom stereocenters. The second-order valence-electron chi connectivity index (χ2n) is 4.92. The highest BCUT2D eigenvalue weighted by molar-refractivity contribution is 5.95. The molecule has 0 amide bonds. The zero-order valence-electron chi connectivity index (χ0n) is 15.1. The first-order chi connectivity index (χ1) is 11.5. The molecule has 10 nitrogen and oxygen atoms in total. The van der Waals surface area contributed by atoms with Gasteiger partial charge in [-0.1, -0.05) is 6.58 Å². The van der Waals surface area contributed by atoms with Crippen molar-refractivity contribution in [3.8, 4) is 0 Å². The Morgan fingerprint density at radius 1 is 0.840 bits per heavy atom. The maximum Gasteiger partial charge on any atom is 0.242 e. The van der Waals surface area contributed by atoms with Gasteiger partial charge >= 0.3 is 0 Å². The molecule has 0 heterocycles. The molecule has 0 aromatic heterocycles. The van der Waals surface area contributed by atoms with Crippen molar-refractivity contribution >= 4 is 11.9 Å². The smallest absolute Gasteiger partial charge is 0.242 e. The van der Waals surface area contributed by atoms with Crippen LogP contribution in [0.5, 0.6) is 0 Å². The molecule has 0 fully saturated rings. The molecule has 0 saturated heterocycles. The average molecular weight is 364 g/mol. The lowest BCUT2D eigenvalue weighted by Gasteiger charge is -2.40. The molecule has 10 heteroatoms. The predicted octanol–water partition coefficient (Wildman–Crippen LogP) is -1.52. The van der Waals surface area contributed by atoms with Crippen molar-refractivity contribution in [3.05, 3.63) is 12.2 Å². The van der Waals surface area contributed by atoms with Gasteiger partial charge in [-0.2, -0.15) is 0 Å². The van der Waals surface area contributed by atoms with Gasteiger partial charge in [-0.3, -0.25) is 0 Å². The fourth-order valence-corrected chi connectivity index (χ4v) is 1.70. The van der Waals surface area contributed by atoms with Crippen molar-refractivity contribution < 1.29 is 48.2 Å². The van der Waals surface area contributed by atoms with E-state index in [0.29, 0.717) is 0 Å². The second kappa shape index (κ2) is 10.4. The first-order valence-electron chi connectivity index (χ1n) is 7.34. The van der Waals surface area contributed by atoms with E-state index in [1.54, 1.807) is 0 Å². The fraction of sp³-hybridized carbons (Fsp3) is 0.733. The summed E-state index contributed by atoms with van der Waals surface area (Å²) in [6.45, 7) is 8.79. The highest BCUT2D eigenvalue weighted by Gasteiger charge is 2.42. The third-order valence-electron chi connectivity index (χ3n) is 3.01. The minimum atomic E-state index is -2.92. The van der Waals surface area contributed by atoms with Crippen LogP contribution in [0.2, 0.25) is 0 Å². The topological polar surface area (TPSA) is 136 Å². The van der Waals surface area contributed by atoms with E-state index in [2.05, 4.69) is 6.58 Å². The highest BCUT2D eigenvalue weighted by Crippen LogP contribution is 2.27. The van der Waals surface area contributed by atoms with Gasteiger partial charge in [-0.15, -0.1) is 0 Å². The van der Waals surface area contributed by atoms with Crippen LogP contribution >= 0.6 is 0 Å². The lowest BCUT2D eigenvalue weighted by atomic mass is 10.1. The Hall–Kier alpha value is -1.56. The van der Waals surface area contributed by atoms with Gasteiger partial charge in [0.2, 0.25) is 5.79 Å². The van der Waals surface area contributed by atoms with Gasteiger partial charge in [0.15, 0.2) is 25.2 Å². The van der Waals surface area contributed by atoms with Crippen molar-refractivity contribution in [2.45, 2.75) is 58.6 Å². The number of rotatable bonds is 13. The molecular weight excluding hydrogens is 340 g/mol. The quantitative estimate of drug-likeness (QED) is 0.280. The van der Waals surface area contributed by atoms with Gasteiger partial charge in [0.1, 0.15) is 5.97 Å². The fourth-order valence-electron chi connectivity index (χ4n) is 1.70. The summed E-state index contributed by atoms with van der Waals surface area (Å²) in [5.41, 5.74) is -1.03. The SMILES string of the molecule is C=C(C(=O)[O-])C(OC(C)OC(C)OC)(OC(C)OC(C)OC)C(=O)[O-]. The molecule has 4 unspecified atom stereocenters. The minimum Gasteiger partial charge on any atom is -0.545 e. The zero-order chi connectivity index (χ0) is 19.8. The number of carboxylic acid groups (broad SMARTS) is 2. The molecular formula is C15H24O10-2. The summed E-state index contributed by atoms with van der Waals surface area (Å²) in [6, 6.07) is 0. The molecule has 0 aliphatic heterocycles. The van der Waals surface area contributed by atoms with Crippen molar-refractivity contribution in [1.82, 2.24) is 0 Å². The maximum atomic E-state index is 11.7. The lowest BCUT2D eigenvalue weighted by Crippen LogP contribution is -2.59. The van der Waals surface area contributed by atoms with Crippen LogP contribution in [0.15, 0.2) is 12.2 Å². The largest absolute Gasteiger partial charge is 0.545 e. The summed E-state index contributed by atoms with van der Waals surface area (Å²) >= 11 is 0. The Balaban J connectivity index is 5.56. The number of carboxylic acids is 2. The molecule has 0 aromatic rings. The van der Waals surface area contributed by atoms with E-state index in [1.807, 2.05) is 0 Å². The van der Waals surface area contributed by atoms with E-state index in [-0.39, 0.29) is 0 Å². The van der Waals surface area contributed by atoms with Crippen molar-refractivity contribution in [1.29, 1.82) is 0 Å². The molecule has 0 saturated carbocycles. The number of methoxy groups -OCH3 is 2. The summed E-state index contributed by atoms with van der Waals surface area (Å²) in [6.07, 6.45) is -4.08. The Labute approximate surface area is 146 Å². The molecule has 0 aromatic carbocycles. The van der Waals surface area contributed by atoms with E-state index in [9.17, 15) is 19.8 Å². The second-order valence-corrected chi connectivity index (χ2v) is 4.92. The van der Waals surface area contributed by atoms with E-state index in [1.165, 1.54) is 41.9 Å². The monoisotopic (exact) mass is 364 g/mol. The molecule has 0 radical (unpaired) electrons. The molecule has 0 rings (SSSR count). The third kappa shape index (κ3) is 7.06. The van der Waals surface area contributed by atoms with Crippen LogP contribution in [-0.2, 0) is 38.0 Å². The number of hydrogen-bond acceptors (Lipinski definition) is 10. The van der Waals surface area contributed by atoms with Crippen LogP contribution in [0.1, 0.15) is 27.7 Å². The predicted molar refractivity (Wildman–Crippen MR) is 78.1 cm³/mol. The van der Waals surface area contributed by atoms with Gasteiger partial charge in [-0.25, -0.2) is 0 Å². The Morgan fingerprint density at radius 3 is 1.44 bits per heavy atom. The Bertz CT molecular complexity index is 443. The van der Waals surface area contributed by atoms with Crippen LogP contribution in [0.3, 0.4) is 0 Å². The molecule has 25 heavy (non-hydrogen) atoms. The molecule has 0 aliphatic carbocycles. The summed E-state index contributed by atoms with van der Waals surface area (Å²) in [5, 5.41) is 22.8. The van der Waals surface area contributed by atoms with Crippen molar-refractivity contribution in [3.63, 3.8) is 0 Å². The van der Waals surface area contributed by atoms with Gasteiger partial charge in [0.25, 0.3) is 0 Å². The molecule has 0 aliphatic rings. The molecule has 0 bridgehead atoms. The molecule has 146 valence electrons.